The maximum Gasteiger partial charge on any atom is 0.210 e. The van der Waals surface area contributed by atoms with E-state index in [9.17, 15) is 5.11 Å². The Morgan fingerprint density at radius 3 is 2.17 bits per heavy atom. The van der Waals surface area contributed by atoms with Crippen LogP contribution < -0.4 is 5.32 Å². The zero-order chi connectivity index (χ0) is 17.3. The smallest absolute Gasteiger partial charge is 0.210 e. The number of aliphatic imine (C=N–C) groups is 2. The van der Waals surface area contributed by atoms with E-state index in [0.717, 1.165) is 24.2 Å². The van der Waals surface area contributed by atoms with Gasteiger partial charge in [0.25, 0.3) is 0 Å². The van der Waals surface area contributed by atoms with Gasteiger partial charge in [0.15, 0.2) is 0 Å². The molecule has 0 bridgehead atoms. The molecule has 2 N–H and O–H groups in total. The number of ether oxygens (including phenoxy) is 2. The van der Waals surface area contributed by atoms with Crippen molar-refractivity contribution in [1.29, 1.82) is 0 Å². The van der Waals surface area contributed by atoms with E-state index in [1.807, 2.05) is 12.2 Å². The second kappa shape index (κ2) is 6.59. The number of aliphatic hydroxyl groups is 1. The van der Waals surface area contributed by atoms with E-state index >= 15 is 0 Å². The fourth-order valence-electron chi connectivity index (χ4n) is 2.78. The second-order valence-electron chi connectivity index (χ2n) is 7.50. The van der Waals surface area contributed by atoms with Crippen LogP contribution in [0.4, 0.5) is 0 Å². The molecule has 0 saturated carbocycles. The van der Waals surface area contributed by atoms with E-state index in [1.54, 1.807) is 13.8 Å². The first-order valence-electron chi connectivity index (χ1n) is 8.63. The van der Waals surface area contributed by atoms with Crippen molar-refractivity contribution in [2.24, 2.45) is 15.9 Å². The largest absolute Gasteiger partial charge is 0.476 e. The Hall–Kier alpha value is -1.82. The van der Waals surface area contributed by atoms with Gasteiger partial charge in [0.05, 0.1) is 11.6 Å². The second-order valence-corrected chi connectivity index (χ2v) is 7.50. The lowest BCUT2D eigenvalue weighted by atomic mass is 10.0. The maximum atomic E-state index is 10.00. The fraction of sp³-hybridized carbons (Fsp3) is 0.667. The highest BCUT2D eigenvalue weighted by atomic mass is 16.5. The highest BCUT2D eigenvalue weighted by Gasteiger charge is 2.32. The highest BCUT2D eigenvalue weighted by Crippen LogP contribution is 2.23. The van der Waals surface area contributed by atoms with Gasteiger partial charge in [-0.25, -0.2) is 9.98 Å². The minimum Gasteiger partial charge on any atom is -0.476 e. The third-order valence-electron chi connectivity index (χ3n) is 4.53. The molecule has 0 amide bonds. The SMILES string of the molecule is CC(C)[C@H]1COC(/C=C2/CC/C(=C/C3=N[C@@H](C(C)(C)O)CO3)N2)=N1. The summed E-state index contributed by atoms with van der Waals surface area (Å²) in [7, 11) is 0. The van der Waals surface area contributed by atoms with Crippen LogP contribution in [0.1, 0.15) is 40.5 Å². The van der Waals surface area contributed by atoms with Crippen molar-refractivity contribution in [2.45, 2.75) is 58.2 Å². The number of hydrogen-bond donors (Lipinski definition) is 2. The van der Waals surface area contributed by atoms with Gasteiger partial charge in [0.2, 0.25) is 11.8 Å². The monoisotopic (exact) mass is 333 g/mol. The minimum atomic E-state index is -0.862. The van der Waals surface area contributed by atoms with Crippen molar-refractivity contribution in [1.82, 2.24) is 5.32 Å². The average Bonchev–Trinajstić information content (AvgIpc) is 3.20. The molecule has 0 aromatic carbocycles. The summed E-state index contributed by atoms with van der Waals surface area (Å²) in [5, 5.41) is 13.4. The molecule has 24 heavy (non-hydrogen) atoms. The van der Waals surface area contributed by atoms with Crippen LogP contribution in [0.2, 0.25) is 0 Å². The van der Waals surface area contributed by atoms with Crippen LogP contribution in [0.15, 0.2) is 33.5 Å². The molecule has 0 aromatic heterocycles. The first kappa shape index (κ1) is 17.0. The molecule has 0 unspecified atom stereocenters. The van der Waals surface area contributed by atoms with Crippen LogP contribution in [-0.2, 0) is 9.47 Å². The molecule has 1 fully saturated rings. The lowest BCUT2D eigenvalue weighted by molar-refractivity contribution is 0.0437. The van der Waals surface area contributed by atoms with E-state index in [1.165, 1.54) is 0 Å². The Morgan fingerprint density at radius 1 is 1.08 bits per heavy atom. The molecule has 3 rings (SSSR count). The molecular formula is C18H27N3O3. The van der Waals surface area contributed by atoms with Gasteiger partial charge in [-0.05, 0) is 32.6 Å². The fourth-order valence-corrected chi connectivity index (χ4v) is 2.78. The summed E-state index contributed by atoms with van der Waals surface area (Å²) in [5.41, 5.74) is 1.30. The molecular weight excluding hydrogens is 306 g/mol. The highest BCUT2D eigenvalue weighted by molar-refractivity contribution is 5.91. The Kier molecular flexibility index (Phi) is 4.67. The van der Waals surface area contributed by atoms with Gasteiger partial charge >= 0.3 is 0 Å². The molecule has 6 heteroatoms. The van der Waals surface area contributed by atoms with Gasteiger partial charge < -0.3 is 19.9 Å². The Morgan fingerprint density at radius 2 is 1.67 bits per heavy atom. The third kappa shape index (κ3) is 3.98. The predicted molar refractivity (Wildman–Crippen MR) is 94.0 cm³/mol. The molecule has 0 spiro atoms. The van der Waals surface area contributed by atoms with Gasteiger partial charge in [-0.15, -0.1) is 0 Å². The molecule has 2 atom stereocenters. The van der Waals surface area contributed by atoms with E-state index < -0.39 is 5.60 Å². The lowest BCUT2D eigenvalue weighted by Gasteiger charge is -2.20. The molecule has 0 radical (unpaired) electrons. The number of nitrogens with one attached hydrogen (secondary N) is 1. The molecule has 6 nitrogen and oxygen atoms in total. The minimum absolute atomic E-state index is 0.213. The van der Waals surface area contributed by atoms with Gasteiger partial charge in [-0.3, -0.25) is 0 Å². The van der Waals surface area contributed by atoms with E-state index in [-0.39, 0.29) is 12.1 Å². The summed E-state index contributed by atoms with van der Waals surface area (Å²) in [5.74, 6) is 1.79. The standard InChI is InChI=1S/C18H27N3O3/c1-11(2)14-9-23-16(20-14)7-12-5-6-13(19-12)8-17-21-15(10-24-17)18(3,4)22/h7-8,11,14-15,19,22H,5-6,9-10H2,1-4H3/b12-7-,13-8-/t14-,15-/m1/s1. The summed E-state index contributed by atoms with van der Waals surface area (Å²) >= 11 is 0. The summed E-state index contributed by atoms with van der Waals surface area (Å²) in [6.07, 6.45) is 5.73. The predicted octanol–water partition coefficient (Wildman–Crippen LogP) is 2.16. The van der Waals surface area contributed by atoms with Crippen LogP contribution in [0, 0.1) is 5.92 Å². The number of rotatable bonds is 4. The zero-order valence-corrected chi connectivity index (χ0v) is 14.9. The molecule has 132 valence electrons. The van der Waals surface area contributed by atoms with Crippen LogP contribution in [-0.4, -0.2) is 47.8 Å². The summed E-state index contributed by atoms with van der Waals surface area (Å²) in [4.78, 5) is 9.04. The van der Waals surface area contributed by atoms with E-state index in [2.05, 4.69) is 29.1 Å². The van der Waals surface area contributed by atoms with Crippen LogP contribution in [0.3, 0.4) is 0 Å². The van der Waals surface area contributed by atoms with E-state index in [0.29, 0.717) is 30.9 Å². The topological polar surface area (TPSA) is 75.4 Å². The summed E-state index contributed by atoms with van der Waals surface area (Å²) in [6, 6.07) is 0.0447. The summed E-state index contributed by atoms with van der Waals surface area (Å²) < 4.78 is 11.2. The molecule has 3 aliphatic heterocycles. The van der Waals surface area contributed by atoms with Gasteiger partial charge in [-0.2, -0.15) is 0 Å². The lowest BCUT2D eigenvalue weighted by Crippen LogP contribution is -2.35. The van der Waals surface area contributed by atoms with Gasteiger partial charge in [0.1, 0.15) is 19.3 Å². The molecule has 0 aliphatic carbocycles. The first-order chi connectivity index (χ1) is 11.3. The van der Waals surface area contributed by atoms with Crippen molar-refractivity contribution in [3.63, 3.8) is 0 Å². The Labute approximate surface area is 143 Å². The van der Waals surface area contributed by atoms with Crippen molar-refractivity contribution in [2.75, 3.05) is 13.2 Å². The first-order valence-corrected chi connectivity index (χ1v) is 8.63. The van der Waals surface area contributed by atoms with Crippen molar-refractivity contribution < 1.29 is 14.6 Å². The normalized spacial score (nSPS) is 30.4. The molecule has 1 saturated heterocycles. The van der Waals surface area contributed by atoms with E-state index in [4.69, 9.17) is 9.47 Å². The molecule has 3 aliphatic rings. The maximum absolute atomic E-state index is 10.00. The Bertz CT molecular complexity index is 611. The molecule has 0 aromatic rings. The van der Waals surface area contributed by atoms with Crippen LogP contribution in [0.25, 0.3) is 0 Å². The van der Waals surface area contributed by atoms with Gasteiger partial charge in [0, 0.05) is 23.5 Å². The van der Waals surface area contributed by atoms with Crippen molar-refractivity contribution in [3.8, 4) is 0 Å². The van der Waals surface area contributed by atoms with Crippen LogP contribution >= 0.6 is 0 Å². The Balaban J connectivity index is 1.62. The molecule has 3 heterocycles. The average molecular weight is 333 g/mol. The van der Waals surface area contributed by atoms with Crippen molar-refractivity contribution in [3.05, 3.63) is 23.5 Å². The van der Waals surface area contributed by atoms with Gasteiger partial charge in [-0.1, -0.05) is 13.8 Å². The summed E-state index contributed by atoms with van der Waals surface area (Å²) in [6.45, 7) is 8.91. The third-order valence-corrected chi connectivity index (χ3v) is 4.53. The number of nitrogens with zero attached hydrogens (tertiary/aromatic N) is 2. The van der Waals surface area contributed by atoms with Crippen LogP contribution in [0.5, 0.6) is 0 Å². The number of hydrogen-bond acceptors (Lipinski definition) is 6. The quantitative estimate of drug-likeness (QED) is 0.827. The number of allylic oxidation sites excluding steroid dienone is 2. The zero-order valence-electron chi connectivity index (χ0n) is 14.9. The van der Waals surface area contributed by atoms with Crippen molar-refractivity contribution >= 4 is 11.8 Å².